The summed E-state index contributed by atoms with van der Waals surface area (Å²) in [5.41, 5.74) is 1.28. The van der Waals surface area contributed by atoms with Gasteiger partial charge in [-0.2, -0.15) is 0 Å². The Balaban J connectivity index is 1.49. The van der Waals surface area contributed by atoms with Crippen molar-refractivity contribution in [3.8, 4) is 17.2 Å². The fourth-order valence-corrected chi connectivity index (χ4v) is 2.98. The SMILES string of the molecule is COc1ccc(C=CC(=O)NC(C(=O)OCC(=O)Nc2ccc3c(c2)OCO3)C(C)C)cc1. The van der Waals surface area contributed by atoms with Gasteiger partial charge in [0.05, 0.1) is 7.11 Å². The lowest BCUT2D eigenvalue weighted by atomic mass is 10.0. The van der Waals surface area contributed by atoms with Gasteiger partial charge in [-0.05, 0) is 41.8 Å². The Kier molecular flexibility index (Phi) is 7.91. The molecule has 2 aromatic rings. The van der Waals surface area contributed by atoms with E-state index in [0.717, 1.165) is 5.56 Å². The first-order chi connectivity index (χ1) is 15.9. The molecule has 0 fully saturated rings. The lowest BCUT2D eigenvalue weighted by molar-refractivity contribution is -0.151. The van der Waals surface area contributed by atoms with E-state index < -0.39 is 30.4 Å². The van der Waals surface area contributed by atoms with Gasteiger partial charge in [0.1, 0.15) is 11.8 Å². The zero-order chi connectivity index (χ0) is 23.8. The van der Waals surface area contributed by atoms with Crippen LogP contribution in [0.25, 0.3) is 6.08 Å². The normalized spacial score (nSPS) is 13.0. The predicted molar refractivity (Wildman–Crippen MR) is 121 cm³/mol. The van der Waals surface area contributed by atoms with Crippen molar-refractivity contribution in [2.24, 2.45) is 5.92 Å². The number of hydrogen-bond acceptors (Lipinski definition) is 7. The van der Waals surface area contributed by atoms with Crippen LogP contribution in [0.5, 0.6) is 17.2 Å². The molecule has 0 bridgehead atoms. The number of esters is 1. The van der Waals surface area contributed by atoms with Gasteiger partial charge >= 0.3 is 5.97 Å². The van der Waals surface area contributed by atoms with Gasteiger partial charge in [-0.25, -0.2) is 4.79 Å². The highest BCUT2D eigenvalue weighted by atomic mass is 16.7. The van der Waals surface area contributed by atoms with E-state index in [9.17, 15) is 14.4 Å². The zero-order valence-electron chi connectivity index (χ0n) is 18.6. The van der Waals surface area contributed by atoms with Crippen LogP contribution in [0.4, 0.5) is 5.69 Å². The van der Waals surface area contributed by atoms with Crippen LogP contribution < -0.4 is 24.8 Å². The van der Waals surface area contributed by atoms with Gasteiger partial charge in [0, 0.05) is 17.8 Å². The highest BCUT2D eigenvalue weighted by Gasteiger charge is 2.26. The highest BCUT2D eigenvalue weighted by molar-refractivity contribution is 5.96. The van der Waals surface area contributed by atoms with Crippen molar-refractivity contribution in [1.29, 1.82) is 0 Å². The van der Waals surface area contributed by atoms with Crippen LogP contribution in [0.3, 0.4) is 0 Å². The molecule has 0 aromatic heterocycles. The molecule has 1 unspecified atom stereocenters. The second kappa shape index (κ2) is 11.0. The van der Waals surface area contributed by atoms with E-state index in [0.29, 0.717) is 22.9 Å². The maximum absolute atomic E-state index is 12.5. The van der Waals surface area contributed by atoms with E-state index in [2.05, 4.69) is 10.6 Å². The van der Waals surface area contributed by atoms with Gasteiger partial charge in [-0.15, -0.1) is 0 Å². The van der Waals surface area contributed by atoms with E-state index in [1.807, 2.05) is 0 Å². The number of ether oxygens (including phenoxy) is 4. The molecule has 1 aliphatic rings. The lowest BCUT2D eigenvalue weighted by Gasteiger charge is -2.20. The van der Waals surface area contributed by atoms with Crippen molar-refractivity contribution in [3.05, 3.63) is 54.1 Å². The van der Waals surface area contributed by atoms with E-state index >= 15 is 0 Å². The summed E-state index contributed by atoms with van der Waals surface area (Å²) in [6, 6.07) is 11.2. The van der Waals surface area contributed by atoms with Gasteiger partial charge in [0.25, 0.3) is 5.91 Å². The van der Waals surface area contributed by atoms with E-state index in [1.165, 1.54) is 6.08 Å². The number of carbonyl (C=O) groups excluding carboxylic acids is 3. The molecule has 1 atom stereocenters. The fraction of sp³-hybridized carbons (Fsp3) is 0.292. The molecular weight excluding hydrogens is 428 g/mol. The Morgan fingerprint density at radius 1 is 1.06 bits per heavy atom. The third kappa shape index (κ3) is 6.73. The summed E-state index contributed by atoms with van der Waals surface area (Å²) in [6.07, 6.45) is 2.95. The monoisotopic (exact) mass is 454 g/mol. The van der Waals surface area contributed by atoms with Crippen molar-refractivity contribution < 1.29 is 33.3 Å². The number of hydrogen-bond donors (Lipinski definition) is 2. The highest BCUT2D eigenvalue weighted by Crippen LogP contribution is 2.34. The van der Waals surface area contributed by atoms with E-state index in [1.54, 1.807) is 69.5 Å². The molecule has 0 spiro atoms. The smallest absolute Gasteiger partial charge is 0.329 e. The molecule has 1 heterocycles. The van der Waals surface area contributed by atoms with Crippen LogP contribution in [-0.2, 0) is 19.1 Å². The summed E-state index contributed by atoms with van der Waals surface area (Å²) in [6.45, 7) is 3.17. The molecule has 0 aliphatic carbocycles. The van der Waals surface area contributed by atoms with Crippen LogP contribution in [0.15, 0.2) is 48.5 Å². The van der Waals surface area contributed by atoms with Crippen LogP contribution in [0.2, 0.25) is 0 Å². The molecule has 0 saturated carbocycles. The van der Waals surface area contributed by atoms with Gasteiger partial charge in [0.15, 0.2) is 18.1 Å². The van der Waals surface area contributed by atoms with Crippen molar-refractivity contribution in [2.45, 2.75) is 19.9 Å². The Bertz CT molecular complexity index is 1030. The standard InChI is InChI=1S/C24H26N2O7/c1-15(2)23(26-21(27)11-6-16-4-8-18(30-3)9-5-16)24(29)31-13-22(28)25-17-7-10-19-20(12-17)33-14-32-19/h4-12,15,23H,13-14H2,1-3H3,(H,25,28)(H,26,27). The molecule has 2 amide bonds. The third-order valence-corrected chi connectivity index (χ3v) is 4.76. The Morgan fingerprint density at radius 2 is 1.79 bits per heavy atom. The number of benzene rings is 2. The largest absolute Gasteiger partial charge is 0.497 e. The molecular formula is C24H26N2O7. The summed E-state index contributed by atoms with van der Waals surface area (Å²) in [7, 11) is 1.57. The minimum atomic E-state index is -0.906. The summed E-state index contributed by atoms with van der Waals surface area (Å²) in [5.74, 6) is -0.0839. The number of amides is 2. The van der Waals surface area contributed by atoms with Crippen LogP contribution in [0, 0.1) is 5.92 Å². The molecule has 2 N–H and O–H groups in total. The van der Waals surface area contributed by atoms with Gasteiger partial charge in [-0.1, -0.05) is 26.0 Å². The maximum atomic E-state index is 12.5. The van der Waals surface area contributed by atoms with Crippen LogP contribution >= 0.6 is 0 Å². The lowest BCUT2D eigenvalue weighted by Crippen LogP contribution is -2.45. The number of anilines is 1. The number of carbonyl (C=O) groups is 3. The van der Waals surface area contributed by atoms with E-state index in [4.69, 9.17) is 18.9 Å². The van der Waals surface area contributed by atoms with Crippen molar-refractivity contribution in [3.63, 3.8) is 0 Å². The first-order valence-electron chi connectivity index (χ1n) is 10.3. The predicted octanol–water partition coefficient (Wildman–Crippen LogP) is 2.76. The summed E-state index contributed by atoms with van der Waals surface area (Å²) >= 11 is 0. The average molecular weight is 454 g/mol. The average Bonchev–Trinajstić information content (AvgIpc) is 3.27. The second-order valence-corrected chi connectivity index (χ2v) is 7.56. The van der Waals surface area contributed by atoms with Crippen LogP contribution in [0.1, 0.15) is 19.4 Å². The Hall–Kier alpha value is -4.01. The molecule has 0 radical (unpaired) electrons. The van der Waals surface area contributed by atoms with Crippen molar-refractivity contribution in [1.82, 2.24) is 5.32 Å². The molecule has 3 rings (SSSR count). The van der Waals surface area contributed by atoms with E-state index in [-0.39, 0.29) is 12.7 Å². The molecule has 174 valence electrons. The summed E-state index contributed by atoms with van der Waals surface area (Å²) in [5, 5.41) is 5.25. The Morgan fingerprint density at radius 3 is 2.48 bits per heavy atom. The molecule has 0 saturated heterocycles. The van der Waals surface area contributed by atoms with Gasteiger partial charge < -0.3 is 29.6 Å². The van der Waals surface area contributed by atoms with Crippen LogP contribution in [-0.4, -0.2) is 44.3 Å². The number of methoxy groups -OCH3 is 1. The first-order valence-corrected chi connectivity index (χ1v) is 10.3. The van der Waals surface area contributed by atoms with Crippen molar-refractivity contribution in [2.75, 3.05) is 25.8 Å². The number of fused-ring (bicyclic) bond motifs is 1. The zero-order valence-corrected chi connectivity index (χ0v) is 18.6. The number of nitrogens with one attached hydrogen (secondary N) is 2. The molecule has 1 aliphatic heterocycles. The molecule has 9 heteroatoms. The third-order valence-electron chi connectivity index (χ3n) is 4.76. The minimum absolute atomic E-state index is 0.127. The van der Waals surface area contributed by atoms with Crippen molar-refractivity contribution >= 4 is 29.5 Å². The first kappa shape index (κ1) is 23.6. The molecule has 9 nitrogen and oxygen atoms in total. The second-order valence-electron chi connectivity index (χ2n) is 7.56. The fourth-order valence-electron chi connectivity index (χ4n) is 2.98. The summed E-state index contributed by atoms with van der Waals surface area (Å²) in [4.78, 5) is 37.0. The molecule has 2 aromatic carbocycles. The van der Waals surface area contributed by atoms with Gasteiger partial charge in [-0.3, -0.25) is 9.59 Å². The topological polar surface area (TPSA) is 112 Å². The Labute approximate surface area is 191 Å². The number of rotatable bonds is 9. The maximum Gasteiger partial charge on any atom is 0.329 e. The summed E-state index contributed by atoms with van der Waals surface area (Å²) < 4.78 is 20.7. The molecule has 33 heavy (non-hydrogen) atoms. The quantitative estimate of drug-likeness (QED) is 0.443. The minimum Gasteiger partial charge on any atom is -0.497 e. The van der Waals surface area contributed by atoms with Gasteiger partial charge in [0.2, 0.25) is 12.7 Å².